The summed E-state index contributed by atoms with van der Waals surface area (Å²) < 4.78 is 5.90. The second-order valence-electron chi connectivity index (χ2n) is 5.01. The molecule has 0 bridgehead atoms. The SMILES string of the molecule is N#CC[C@@H](O)c1cccc(OC2CCCCCC2)n1. The van der Waals surface area contributed by atoms with Gasteiger partial charge >= 0.3 is 0 Å². The van der Waals surface area contributed by atoms with Crippen molar-refractivity contribution in [3.8, 4) is 11.9 Å². The van der Waals surface area contributed by atoms with Crippen LogP contribution in [0.15, 0.2) is 18.2 Å². The molecule has 1 aromatic rings. The molecule has 1 heterocycles. The monoisotopic (exact) mass is 260 g/mol. The molecule has 4 nitrogen and oxygen atoms in total. The van der Waals surface area contributed by atoms with Gasteiger partial charge in [0.15, 0.2) is 0 Å². The molecule has 0 radical (unpaired) electrons. The number of nitrogens with zero attached hydrogens (tertiary/aromatic N) is 2. The summed E-state index contributed by atoms with van der Waals surface area (Å²) in [4.78, 5) is 4.29. The molecule has 1 saturated carbocycles. The van der Waals surface area contributed by atoms with Crippen LogP contribution in [0.4, 0.5) is 0 Å². The summed E-state index contributed by atoms with van der Waals surface area (Å²) in [7, 11) is 0. The first-order chi connectivity index (χ1) is 9.29. The number of hydrogen-bond donors (Lipinski definition) is 1. The number of hydrogen-bond acceptors (Lipinski definition) is 4. The summed E-state index contributed by atoms with van der Waals surface area (Å²) in [5.74, 6) is 0.557. The first kappa shape index (κ1) is 13.8. The summed E-state index contributed by atoms with van der Waals surface area (Å²) in [6, 6.07) is 7.30. The minimum absolute atomic E-state index is 0.0554. The van der Waals surface area contributed by atoms with E-state index >= 15 is 0 Å². The van der Waals surface area contributed by atoms with Crippen LogP contribution in [0.2, 0.25) is 0 Å². The Bertz CT molecular complexity index is 434. The van der Waals surface area contributed by atoms with Gasteiger partial charge in [0.05, 0.1) is 18.2 Å². The number of ether oxygens (including phenoxy) is 1. The number of aliphatic hydroxyl groups excluding tert-OH is 1. The van der Waals surface area contributed by atoms with Crippen LogP contribution >= 0.6 is 0 Å². The van der Waals surface area contributed by atoms with Gasteiger partial charge in [-0.25, -0.2) is 4.98 Å². The van der Waals surface area contributed by atoms with Crippen molar-refractivity contribution in [2.24, 2.45) is 0 Å². The molecule has 0 amide bonds. The number of nitriles is 1. The van der Waals surface area contributed by atoms with Gasteiger partial charge in [-0.1, -0.05) is 18.9 Å². The molecule has 0 unspecified atom stereocenters. The zero-order valence-electron chi connectivity index (χ0n) is 11.1. The van der Waals surface area contributed by atoms with Crippen LogP contribution in [-0.4, -0.2) is 16.2 Å². The van der Waals surface area contributed by atoms with Crippen LogP contribution in [0, 0.1) is 11.3 Å². The van der Waals surface area contributed by atoms with E-state index in [1.807, 2.05) is 18.2 Å². The first-order valence-electron chi connectivity index (χ1n) is 6.98. The van der Waals surface area contributed by atoms with E-state index in [0.29, 0.717) is 11.6 Å². The van der Waals surface area contributed by atoms with Gasteiger partial charge in [-0.2, -0.15) is 5.26 Å². The van der Waals surface area contributed by atoms with Gasteiger partial charge in [-0.05, 0) is 31.7 Å². The largest absolute Gasteiger partial charge is 0.474 e. The van der Waals surface area contributed by atoms with Gasteiger partial charge in [0.1, 0.15) is 12.2 Å². The van der Waals surface area contributed by atoms with Gasteiger partial charge in [0.2, 0.25) is 5.88 Å². The fourth-order valence-electron chi connectivity index (χ4n) is 2.40. The van der Waals surface area contributed by atoms with Crippen LogP contribution in [0.1, 0.15) is 56.7 Å². The smallest absolute Gasteiger partial charge is 0.213 e. The zero-order chi connectivity index (χ0) is 13.5. The summed E-state index contributed by atoms with van der Waals surface area (Å²) in [6.07, 6.45) is 6.60. The lowest BCUT2D eigenvalue weighted by Gasteiger charge is -2.17. The van der Waals surface area contributed by atoms with E-state index in [0.717, 1.165) is 12.8 Å². The molecular formula is C15H20N2O2. The van der Waals surface area contributed by atoms with Crippen molar-refractivity contribution >= 4 is 0 Å². The minimum Gasteiger partial charge on any atom is -0.474 e. The van der Waals surface area contributed by atoms with Gasteiger partial charge in [0, 0.05) is 6.07 Å². The molecule has 1 aromatic heterocycles. The predicted octanol–water partition coefficient (Wildman–Crippen LogP) is 3.13. The second kappa shape index (κ2) is 7.10. The van der Waals surface area contributed by atoms with Gasteiger partial charge in [0.25, 0.3) is 0 Å². The molecule has 0 saturated heterocycles. The summed E-state index contributed by atoms with van der Waals surface area (Å²) in [5, 5.41) is 18.3. The van der Waals surface area contributed by atoms with E-state index < -0.39 is 6.10 Å². The van der Waals surface area contributed by atoms with E-state index in [1.165, 1.54) is 25.7 Å². The quantitative estimate of drug-likeness (QED) is 0.845. The zero-order valence-corrected chi connectivity index (χ0v) is 11.1. The van der Waals surface area contributed by atoms with Crippen LogP contribution in [0.5, 0.6) is 5.88 Å². The Morgan fingerprint density at radius 2 is 2.05 bits per heavy atom. The maximum Gasteiger partial charge on any atom is 0.213 e. The van der Waals surface area contributed by atoms with Crippen molar-refractivity contribution in [3.05, 3.63) is 23.9 Å². The highest BCUT2D eigenvalue weighted by molar-refractivity contribution is 5.18. The standard InChI is InChI=1S/C15H20N2O2/c16-11-10-14(18)13-8-5-9-15(17-13)19-12-6-3-1-2-4-7-12/h5,8-9,12,14,18H,1-4,6-7,10H2/t14-/m1/s1. The molecule has 0 spiro atoms. The third kappa shape index (κ3) is 4.22. The molecule has 1 aliphatic carbocycles. The summed E-state index contributed by atoms with van der Waals surface area (Å²) >= 11 is 0. The topological polar surface area (TPSA) is 66.1 Å². The normalized spacial score (nSPS) is 18.3. The Hall–Kier alpha value is -1.60. The molecule has 0 aliphatic heterocycles. The lowest BCUT2D eigenvalue weighted by molar-refractivity contribution is 0.162. The molecule has 1 aliphatic rings. The van der Waals surface area contributed by atoms with Crippen molar-refractivity contribution in [2.45, 2.75) is 57.2 Å². The Morgan fingerprint density at radius 1 is 1.32 bits per heavy atom. The first-order valence-corrected chi connectivity index (χ1v) is 6.98. The molecule has 1 N–H and O–H groups in total. The molecule has 102 valence electrons. The van der Waals surface area contributed by atoms with E-state index in [-0.39, 0.29) is 12.5 Å². The maximum atomic E-state index is 9.76. The lowest BCUT2D eigenvalue weighted by Crippen LogP contribution is -2.16. The number of rotatable bonds is 4. The van der Waals surface area contributed by atoms with Gasteiger partial charge < -0.3 is 9.84 Å². The van der Waals surface area contributed by atoms with Crippen molar-refractivity contribution in [3.63, 3.8) is 0 Å². The highest BCUT2D eigenvalue weighted by Crippen LogP contribution is 2.23. The second-order valence-corrected chi connectivity index (χ2v) is 5.01. The molecule has 19 heavy (non-hydrogen) atoms. The third-order valence-corrected chi connectivity index (χ3v) is 3.46. The van der Waals surface area contributed by atoms with Crippen LogP contribution < -0.4 is 4.74 Å². The van der Waals surface area contributed by atoms with E-state index in [2.05, 4.69) is 4.98 Å². The highest BCUT2D eigenvalue weighted by Gasteiger charge is 2.15. The molecule has 0 aromatic carbocycles. The maximum absolute atomic E-state index is 9.76. The van der Waals surface area contributed by atoms with Crippen LogP contribution in [-0.2, 0) is 0 Å². The average Bonchev–Trinajstić information content (AvgIpc) is 2.68. The van der Waals surface area contributed by atoms with E-state index in [4.69, 9.17) is 10.00 Å². The van der Waals surface area contributed by atoms with Crippen molar-refractivity contribution in [1.29, 1.82) is 5.26 Å². The minimum atomic E-state index is -0.831. The van der Waals surface area contributed by atoms with Gasteiger partial charge in [-0.3, -0.25) is 0 Å². The Kier molecular flexibility index (Phi) is 5.17. The van der Waals surface area contributed by atoms with Crippen molar-refractivity contribution < 1.29 is 9.84 Å². The molecular weight excluding hydrogens is 240 g/mol. The molecule has 1 fully saturated rings. The molecule has 4 heteroatoms. The average molecular weight is 260 g/mol. The van der Waals surface area contributed by atoms with E-state index in [9.17, 15) is 5.11 Å². The molecule has 2 rings (SSSR count). The number of aromatic nitrogens is 1. The summed E-state index contributed by atoms with van der Waals surface area (Å²) in [5.41, 5.74) is 0.507. The van der Waals surface area contributed by atoms with Gasteiger partial charge in [-0.15, -0.1) is 0 Å². The van der Waals surface area contributed by atoms with E-state index in [1.54, 1.807) is 6.07 Å². The van der Waals surface area contributed by atoms with Crippen LogP contribution in [0.3, 0.4) is 0 Å². The third-order valence-electron chi connectivity index (χ3n) is 3.46. The lowest BCUT2D eigenvalue weighted by atomic mass is 10.1. The van der Waals surface area contributed by atoms with Crippen molar-refractivity contribution in [1.82, 2.24) is 4.98 Å². The number of pyridine rings is 1. The van der Waals surface area contributed by atoms with Crippen molar-refractivity contribution in [2.75, 3.05) is 0 Å². The molecule has 1 atom stereocenters. The number of aliphatic hydroxyl groups is 1. The fraction of sp³-hybridized carbons (Fsp3) is 0.600. The Balaban J connectivity index is 2.00. The predicted molar refractivity (Wildman–Crippen MR) is 71.5 cm³/mol. The fourth-order valence-corrected chi connectivity index (χ4v) is 2.40. The Labute approximate surface area is 114 Å². The highest BCUT2D eigenvalue weighted by atomic mass is 16.5. The van der Waals surface area contributed by atoms with Crippen LogP contribution in [0.25, 0.3) is 0 Å². The summed E-state index contributed by atoms with van der Waals surface area (Å²) in [6.45, 7) is 0. The Morgan fingerprint density at radius 3 is 2.74 bits per heavy atom.